The summed E-state index contributed by atoms with van der Waals surface area (Å²) in [6, 6.07) is 5.07. The maximum absolute atomic E-state index is 12.7. The van der Waals surface area contributed by atoms with Gasteiger partial charge in [-0.25, -0.2) is 4.98 Å². The van der Waals surface area contributed by atoms with E-state index in [1.165, 1.54) is 22.7 Å². The van der Waals surface area contributed by atoms with Crippen LogP contribution < -0.4 is 10.6 Å². The number of hydrogen-bond acceptors (Lipinski definition) is 7. The number of aromatic nitrogens is 2. The number of carbonyl (C=O) groups is 2. The van der Waals surface area contributed by atoms with Gasteiger partial charge in [-0.15, -0.1) is 22.7 Å². The number of pyridine rings is 1. The number of likely N-dealkylation sites (N-methyl/N-ethyl adjacent to an activating group) is 1. The molecular formula is C19H18ClN5O2S2. The Hall–Kier alpha value is -2.33. The van der Waals surface area contributed by atoms with Crippen molar-refractivity contribution >= 4 is 51.8 Å². The lowest BCUT2D eigenvalue weighted by molar-refractivity contribution is 0.0954. The van der Waals surface area contributed by atoms with Crippen molar-refractivity contribution in [3.8, 4) is 0 Å². The minimum absolute atomic E-state index is 0.222. The number of carbonyl (C=O) groups excluding carboxylic acids is 2. The predicted molar refractivity (Wildman–Crippen MR) is 115 cm³/mol. The van der Waals surface area contributed by atoms with Crippen molar-refractivity contribution in [3.05, 3.63) is 60.9 Å². The fraction of sp³-hybridized carbons (Fsp3) is 0.263. The second-order valence-electron chi connectivity index (χ2n) is 6.65. The molecule has 0 aliphatic carbocycles. The topological polar surface area (TPSA) is 87.2 Å². The number of hydrogen-bond donors (Lipinski definition) is 2. The van der Waals surface area contributed by atoms with E-state index >= 15 is 0 Å². The zero-order valence-electron chi connectivity index (χ0n) is 15.6. The molecule has 3 aromatic heterocycles. The number of halogens is 1. The zero-order valence-corrected chi connectivity index (χ0v) is 18.0. The molecule has 1 aliphatic heterocycles. The smallest absolute Gasteiger partial charge is 0.284 e. The van der Waals surface area contributed by atoms with Crippen molar-refractivity contribution in [3.63, 3.8) is 0 Å². The summed E-state index contributed by atoms with van der Waals surface area (Å²) >= 11 is 8.52. The molecule has 10 heteroatoms. The molecule has 0 unspecified atom stereocenters. The molecule has 2 N–H and O–H groups in total. The van der Waals surface area contributed by atoms with Crippen LogP contribution in [0.2, 0.25) is 4.34 Å². The average molecular weight is 448 g/mol. The van der Waals surface area contributed by atoms with Crippen molar-refractivity contribution in [2.45, 2.75) is 19.5 Å². The first-order chi connectivity index (χ1) is 14.0. The molecule has 29 heavy (non-hydrogen) atoms. The summed E-state index contributed by atoms with van der Waals surface area (Å²) in [6.07, 6.45) is 4.08. The molecular weight excluding hydrogens is 430 g/mol. The van der Waals surface area contributed by atoms with Crippen LogP contribution in [0.5, 0.6) is 0 Å². The molecule has 3 aromatic rings. The van der Waals surface area contributed by atoms with E-state index in [-0.39, 0.29) is 18.4 Å². The molecule has 2 amide bonds. The Morgan fingerprint density at radius 3 is 2.90 bits per heavy atom. The monoisotopic (exact) mass is 447 g/mol. The number of nitrogens with zero attached hydrogens (tertiary/aromatic N) is 3. The lowest BCUT2D eigenvalue weighted by Crippen LogP contribution is -2.25. The third-order valence-corrected chi connectivity index (χ3v) is 6.82. The van der Waals surface area contributed by atoms with Gasteiger partial charge in [0, 0.05) is 54.6 Å². The minimum atomic E-state index is -0.254. The SMILES string of the molecule is CN1CCc2nc(C(=O)Nc3ccncc3CNC(=O)c3ccc(Cl)s3)sc2C1. The summed E-state index contributed by atoms with van der Waals surface area (Å²) in [4.78, 5) is 37.5. The number of anilines is 1. The molecule has 7 nitrogen and oxygen atoms in total. The number of nitrogens with one attached hydrogen (secondary N) is 2. The van der Waals surface area contributed by atoms with Crippen LogP contribution in [-0.4, -0.2) is 40.3 Å². The summed E-state index contributed by atoms with van der Waals surface area (Å²) in [6.45, 7) is 2.00. The highest BCUT2D eigenvalue weighted by atomic mass is 35.5. The van der Waals surface area contributed by atoms with E-state index < -0.39 is 0 Å². The van der Waals surface area contributed by atoms with Gasteiger partial charge in [0.15, 0.2) is 5.01 Å². The molecule has 0 atom stereocenters. The van der Waals surface area contributed by atoms with Crippen LogP contribution in [0.3, 0.4) is 0 Å². The summed E-state index contributed by atoms with van der Waals surface area (Å²) in [5.74, 6) is -0.476. The second-order valence-corrected chi connectivity index (χ2v) is 9.45. The van der Waals surface area contributed by atoms with Gasteiger partial charge in [0.1, 0.15) is 0 Å². The Morgan fingerprint density at radius 2 is 2.10 bits per heavy atom. The lowest BCUT2D eigenvalue weighted by atomic mass is 10.2. The van der Waals surface area contributed by atoms with Gasteiger partial charge < -0.3 is 15.5 Å². The first-order valence-electron chi connectivity index (χ1n) is 8.94. The molecule has 0 saturated carbocycles. The van der Waals surface area contributed by atoms with Crippen LogP contribution >= 0.6 is 34.3 Å². The van der Waals surface area contributed by atoms with Gasteiger partial charge in [-0.1, -0.05) is 11.6 Å². The van der Waals surface area contributed by atoms with Gasteiger partial charge in [-0.3, -0.25) is 14.6 Å². The van der Waals surface area contributed by atoms with Crippen LogP contribution in [0, 0.1) is 0 Å². The zero-order chi connectivity index (χ0) is 20.4. The molecule has 150 valence electrons. The number of thiazole rings is 1. The fourth-order valence-electron chi connectivity index (χ4n) is 2.98. The summed E-state index contributed by atoms with van der Waals surface area (Å²) in [5.41, 5.74) is 2.31. The van der Waals surface area contributed by atoms with E-state index in [1.807, 2.05) is 0 Å². The molecule has 1 aliphatic rings. The van der Waals surface area contributed by atoms with Gasteiger partial charge in [-0.05, 0) is 25.2 Å². The van der Waals surface area contributed by atoms with Gasteiger partial charge in [0.25, 0.3) is 11.8 Å². The van der Waals surface area contributed by atoms with Gasteiger partial charge in [0.05, 0.1) is 14.9 Å². The first-order valence-corrected chi connectivity index (χ1v) is 11.0. The summed E-state index contributed by atoms with van der Waals surface area (Å²) in [7, 11) is 2.06. The van der Waals surface area contributed by atoms with Gasteiger partial charge >= 0.3 is 0 Å². The predicted octanol–water partition coefficient (Wildman–Crippen LogP) is 3.42. The highest BCUT2D eigenvalue weighted by molar-refractivity contribution is 7.18. The van der Waals surface area contributed by atoms with Crippen LogP contribution in [0.4, 0.5) is 5.69 Å². The Bertz CT molecular complexity index is 1060. The van der Waals surface area contributed by atoms with E-state index in [1.54, 1.807) is 30.6 Å². The molecule has 0 bridgehead atoms. The Morgan fingerprint density at radius 1 is 1.24 bits per heavy atom. The van der Waals surface area contributed by atoms with E-state index in [9.17, 15) is 9.59 Å². The Balaban J connectivity index is 1.44. The Kier molecular flexibility index (Phi) is 5.91. The van der Waals surface area contributed by atoms with Crippen molar-refractivity contribution in [2.75, 3.05) is 18.9 Å². The van der Waals surface area contributed by atoms with Crippen LogP contribution in [0.1, 0.15) is 35.6 Å². The lowest BCUT2D eigenvalue weighted by Gasteiger charge is -2.20. The fourth-order valence-corrected chi connectivity index (χ4v) is 5.03. The molecule has 0 radical (unpaired) electrons. The largest absolute Gasteiger partial charge is 0.347 e. The van der Waals surface area contributed by atoms with Gasteiger partial charge in [-0.2, -0.15) is 0 Å². The average Bonchev–Trinajstić information content (AvgIpc) is 3.33. The standard InChI is InChI=1S/C19H18ClN5O2S2/c1-25-7-5-13-15(10-25)29-19(24-13)18(27)23-12-4-6-21-8-11(12)9-22-17(26)14-2-3-16(20)28-14/h2-4,6,8H,5,7,9-10H2,1H3,(H,22,26)(H,21,23,27). The van der Waals surface area contributed by atoms with Crippen molar-refractivity contribution in [1.29, 1.82) is 0 Å². The van der Waals surface area contributed by atoms with E-state index in [4.69, 9.17) is 11.6 Å². The van der Waals surface area contributed by atoms with Crippen molar-refractivity contribution < 1.29 is 9.59 Å². The molecule has 4 rings (SSSR count). The van der Waals surface area contributed by atoms with E-state index in [0.717, 1.165) is 30.1 Å². The first kappa shape index (κ1) is 20.0. The van der Waals surface area contributed by atoms with Crippen molar-refractivity contribution in [1.82, 2.24) is 20.2 Å². The van der Waals surface area contributed by atoms with Crippen molar-refractivity contribution in [2.24, 2.45) is 0 Å². The maximum Gasteiger partial charge on any atom is 0.284 e. The quantitative estimate of drug-likeness (QED) is 0.625. The summed E-state index contributed by atoms with van der Waals surface area (Å²) < 4.78 is 0.557. The van der Waals surface area contributed by atoms with E-state index in [2.05, 4.69) is 32.5 Å². The number of rotatable bonds is 5. The van der Waals surface area contributed by atoms with Crippen LogP contribution in [-0.2, 0) is 19.5 Å². The molecule has 4 heterocycles. The normalized spacial score (nSPS) is 13.7. The highest BCUT2D eigenvalue weighted by Gasteiger charge is 2.22. The number of fused-ring (bicyclic) bond motifs is 1. The maximum atomic E-state index is 12.7. The molecule has 0 fully saturated rings. The van der Waals surface area contributed by atoms with E-state index in [0.29, 0.717) is 25.5 Å². The number of amides is 2. The highest BCUT2D eigenvalue weighted by Crippen LogP contribution is 2.26. The molecule has 0 aromatic carbocycles. The van der Waals surface area contributed by atoms with Crippen LogP contribution in [0.15, 0.2) is 30.6 Å². The third-order valence-electron chi connectivity index (χ3n) is 4.50. The third kappa shape index (κ3) is 4.64. The Labute approximate surface area is 180 Å². The molecule has 0 saturated heterocycles. The minimum Gasteiger partial charge on any atom is -0.347 e. The van der Waals surface area contributed by atoms with Gasteiger partial charge in [0.2, 0.25) is 0 Å². The number of thiophene rings is 1. The molecule has 0 spiro atoms. The second kappa shape index (κ2) is 8.58. The summed E-state index contributed by atoms with van der Waals surface area (Å²) in [5, 5.41) is 6.18. The van der Waals surface area contributed by atoms with Crippen LogP contribution in [0.25, 0.3) is 0 Å².